The van der Waals surface area contributed by atoms with Crippen LogP contribution < -0.4 is 0 Å². The molecule has 3 nitrogen and oxygen atoms in total. The van der Waals surface area contributed by atoms with Crippen molar-refractivity contribution < 1.29 is 9.53 Å². The van der Waals surface area contributed by atoms with Crippen LogP contribution in [0.2, 0.25) is 0 Å². The van der Waals surface area contributed by atoms with E-state index in [1.165, 1.54) is 36.5 Å². The number of carbonyl (C=O) groups is 1. The minimum absolute atomic E-state index is 0.0236. The summed E-state index contributed by atoms with van der Waals surface area (Å²) >= 11 is 0. The fourth-order valence-corrected chi connectivity index (χ4v) is 4.98. The molecule has 0 aromatic heterocycles. The molecule has 166 valence electrons. The highest BCUT2D eigenvalue weighted by atomic mass is 16.5. The lowest BCUT2D eigenvalue weighted by molar-refractivity contribution is -0.157. The first-order chi connectivity index (χ1) is 15.2. The Kier molecular flexibility index (Phi) is 9.40. The number of aryl methyl sites for hydroxylation is 1. The van der Waals surface area contributed by atoms with Crippen LogP contribution in [0.25, 0.3) is 0 Å². The van der Waals surface area contributed by atoms with Crippen LogP contribution in [0.5, 0.6) is 0 Å². The molecule has 0 saturated heterocycles. The molecule has 2 aliphatic carbocycles. The van der Waals surface area contributed by atoms with Gasteiger partial charge in [-0.25, -0.2) is 0 Å². The molecule has 31 heavy (non-hydrogen) atoms. The van der Waals surface area contributed by atoms with Crippen LogP contribution in [0.15, 0.2) is 48.6 Å². The predicted molar refractivity (Wildman–Crippen MR) is 125 cm³/mol. The van der Waals surface area contributed by atoms with Crippen molar-refractivity contribution >= 4 is 5.97 Å². The molecule has 0 aliphatic heterocycles. The molecule has 3 rings (SSSR count). The van der Waals surface area contributed by atoms with E-state index in [1.807, 2.05) is 12.1 Å². The van der Waals surface area contributed by atoms with E-state index >= 15 is 0 Å². The monoisotopic (exact) mass is 419 g/mol. The number of rotatable bonds is 8. The Morgan fingerprint density at radius 1 is 1.03 bits per heavy atom. The lowest BCUT2D eigenvalue weighted by Gasteiger charge is -2.31. The summed E-state index contributed by atoms with van der Waals surface area (Å²) in [6.45, 7) is 2.24. The van der Waals surface area contributed by atoms with E-state index in [4.69, 9.17) is 10.00 Å². The highest BCUT2D eigenvalue weighted by Gasteiger charge is 2.30. The number of unbranched alkanes of at least 4 members (excludes halogenated alkanes) is 1. The highest BCUT2D eigenvalue weighted by molar-refractivity contribution is 5.72. The molecule has 2 aliphatic rings. The normalized spacial score (nSPS) is 26.7. The van der Waals surface area contributed by atoms with Gasteiger partial charge in [-0.15, -0.1) is 0 Å². The van der Waals surface area contributed by atoms with Gasteiger partial charge in [0.2, 0.25) is 0 Å². The molecule has 3 heteroatoms. The second-order valence-electron chi connectivity index (χ2n) is 9.24. The number of benzene rings is 1. The molecule has 0 atom stereocenters. The minimum atomic E-state index is 0.0236. The van der Waals surface area contributed by atoms with Gasteiger partial charge in [-0.2, -0.15) is 5.26 Å². The standard InChI is InChI=1S/C28H37NO2/c1-2-3-7-22-9-13-24(14-10-22)25-17-19-27(20-18-25)31-28(30)26-15-11-23(12-16-26)8-5-4-6-21-29/h4-6,8-10,13-14,23,25-27H,2-3,7,11-12,15-20H2,1H3. The minimum Gasteiger partial charge on any atom is -0.462 e. The van der Waals surface area contributed by atoms with Crippen LogP contribution in [0, 0.1) is 23.2 Å². The number of hydrogen-bond acceptors (Lipinski definition) is 3. The van der Waals surface area contributed by atoms with Crippen molar-refractivity contribution in [2.75, 3.05) is 0 Å². The van der Waals surface area contributed by atoms with E-state index in [0.717, 1.165) is 51.4 Å². The summed E-state index contributed by atoms with van der Waals surface area (Å²) in [4.78, 5) is 12.7. The van der Waals surface area contributed by atoms with Crippen molar-refractivity contribution in [1.82, 2.24) is 0 Å². The second-order valence-corrected chi connectivity index (χ2v) is 9.24. The second kappa shape index (κ2) is 12.5. The van der Waals surface area contributed by atoms with Gasteiger partial charge in [-0.05, 0) is 87.2 Å². The fourth-order valence-electron chi connectivity index (χ4n) is 4.98. The van der Waals surface area contributed by atoms with Gasteiger partial charge in [0.25, 0.3) is 0 Å². The average Bonchev–Trinajstić information content (AvgIpc) is 2.82. The van der Waals surface area contributed by atoms with E-state index < -0.39 is 0 Å². The number of esters is 1. The summed E-state index contributed by atoms with van der Waals surface area (Å²) in [5.41, 5.74) is 2.89. The van der Waals surface area contributed by atoms with Crippen molar-refractivity contribution in [3.63, 3.8) is 0 Å². The molecule has 0 spiro atoms. The van der Waals surface area contributed by atoms with Gasteiger partial charge in [0.05, 0.1) is 12.0 Å². The first-order valence-corrected chi connectivity index (χ1v) is 12.2. The maximum absolute atomic E-state index is 12.7. The molecular weight excluding hydrogens is 382 g/mol. The van der Waals surface area contributed by atoms with Gasteiger partial charge >= 0.3 is 5.97 Å². The Bertz CT molecular complexity index is 770. The maximum atomic E-state index is 12.7. The molecule has 0 radical (unpaired) electrons. The van der Waals surface area contributed by atoms with Crippen LogP contribution in [0.1, 0.15) is 88.2 Å². The average molecular weight is 420 g/mol. The fraction of sp³-hybridized carbons (Fsp3) is 0.571. The van der Waals surface area contributed by atoms with Crippen molar-refractivity contribution in [2.24, 2.45) is 11.8 Å². The largest absolute Gasteiger partial charge is 0.462 e. The molecule has 1 aromatic rings. The zero-order valence-corrected chi connectivity index (χ0v) is 19.0. The quantitative estimate of drug-likeness (QED) is 0.258. The maximum Gasteiger partial charge on any atom is 0.309 e. The van der Waals surface area contributed by atoms with Gasteiger partial charge in [0, 0.05) is 6.08 Å². The molecule has 0 N–H and O–H groups in total. The van der Waals surface area contributed by atoms with Gasteiger partial charge in [-0.1, -0.05) is 55.8 Å². The number of nitrogens with zero attached hydrogens (tertiary/aromatic N) is 1. The summed E-state index contributed by atoms with van der Waals surface area (Å²) < 4.78 is 5.92. The predicted octanol–water partition coefficient (Wildman–Crippen LogP) is 7.04. The number of hydrogen-bond donors (Lipinski definition) is 0. The third-order valence-electron chi connectivity index (χ3n) is 7.00. The molecule has 0 bridgehead atoms. The highest BCUT2D eigenvalue weighted by Crippen LogP contribution is 2.36. The van der Waals surface area contributed by atoms with Crippen molar-refractivity contribution in [2.45, 2.75) is 89.6 Å². The Balaban J connectivity index is 1.38. The van der Waals surface area contributed by atoms with Crippen LogP contribution in [0.4, 0.5) is 0 Å². The molecule has 0 unspecified atom stereocenters. The summed E-state index contributed by atoms with van der Waals surface area (Å²) in [5, 5.41) is 8.52. The van der Waals surface area contributed by atoms with E-state index in [1.54, 1.807) is 6.08 Å². The van der Waals surface area contributed by atoms with E-state index in [9.17, 15) is 4.79 Å². The Morgan fingerprint density at radius 2 is 1.74 bits per heavy atom. The Morgan fingerprint density at radius 3 is 2.39 bits per heavy atom. The van der Waals surface area contributed by atoms with Crippen LogP contribution in [0.3, 0.4) is 0 Å². The van der Waals surface area contributed by atoms with E-state index in [0.29, 0.717) is 11.8 Å². The summed E-state index contributed by atoms with van der Waals surface area (Å²) in [6, 6.07) is 11.2. The summed E-state index contributed by atoms with van der Waals surface area (Å²) in [5.74, 6) is 1.20. The molecule has 1 aromatic carbocycles. The SMILES string of the molecule is CCCCc1ccc(C2CCC(OC(=O)C3CCC(C=CC=CC#N)CC3)CC2)cc1. The van der Waals surface area contributed by atoms with Crippen LogP contribution in [-0.4, -0.2) is 12.1 Å². The third-order valence-corrected chi connectivity index (χ3v) is 7.00. The molecule has 0 amide bonds. The smallest absolute Gasteiger partial charge is 0.309 e. The molecule has 2 fully saturated rings. The van der Waals surface area contributed by atoms with Gasteiger partial charge in [0.1, 0.15) is 6.10 Å². The number of carbonyl (C=O) groups excluding carboxylic acids is 1. The number of allylic oxidation sites excluding steroid dienone is 4. The van der Waals surface area contributed by atoms with Crippen LogP contribution >= 0.6 is 0 Å². The van der Waals surface area contributed by atoms with Crippen molar-refractivity contribution in [1.29, 1.82) is 5.26 Å². The lowest BCUT2D eigenvalue weighted by atomic mass is 9.81. The van der Waals surface area contributed by atoms with Crippen molar-refractivity contribution in [3.05, 3.63) is 59.7 Å². The topological polar surface area (TPSA) is 50.1 Å². The zero-order valence-electron chi connectivity index (χ0n) is 19.0. The first-order valence-electron chi connectivity index (χ1n) is 12.2. The number of ether oxygens (including phenoxy) is 1. The number of nitriles is 1. The summed E-state index contributed by atoms with van der Waals surface area (Å²) in [6.07, 6.45) is 19.2. The summed E-state index contributed by atoms with van der Waals surface area (Å²) in [7, 11) is 0. The molecule has 2 saturated carbocycles. The van der Waals surface area contributed by atoms with Gasteiger partial charge in [0.15, 0.2) is 0 Å². The Hall–Kier alpha value is -2.34. The van der Waals surface area contributed by atoms with E-state index in [-0.39, 0.29) is 18.0 Å². The molecule has 0 heterocycles. The molecular formula is C28H37NO2. The first kappa shape index (κ1) is 23.3. The lowest BCUT2D eigenvalue weighted by Crippen LogP contribution is -2.29. The Labute approximate surface area is 188 Å². The van der Waals surface area contributed by atoms with E-state index in [2.05, 4.69) is 37.3 Å². The van der Waals surface area contributed by atoms with Crippen LogP contribution in [-0.2, 0) is 16.0 Å². The van der Waals surface area contributed by atoms with Gasteiger partial charge < -0.3 is 4.74 Å². The van der Waals surface area contributed by atoms with Gasteiger partial charge in [-0.3, -0.25) is 4.79 Å². The van der Waals surface area contributed by atoms with Crippen molar-refractivity contribution in [3.8, 4) is 6.07 Å². The third kappa shape index (κ3) is 7.39. The zero-order chi connectivity index (χ0) is 21.9.